The highest BCUT2D eigenvalue weighted by Crippen LogP contribution is 2.20. The van der Waals surface area contributed by atoms with Crippen molar-refractivity contribution in [1.82, 2.24) is 10.4 Å². The summed E-state index contributed by atoms with van der Waals surface area (Å²) in [6, 6.07) is 12.4. The second-order valence-electron chi connectivity index (χ2n) is 7.54. The van der Waals surface area contributed by atoms with Gasteiger partial charge >= 0.3 is 0 Å². The molecule has 7 heteroatoms. The Bertz CT molecular complexity index is 848. The number of amides is 2. The number of hydrogen-bond acceptors (Lipinski definition) is 4. The van der Waals surface area contributed by atoms with Crippen LogP contribution in [-0.4, -0.2) is 31.9 Å². The van der Waals surface area contributed by atoms with Gasteiger partial charge in [-0.25, -0.2) is 5.01 Å². The highest BCUT2D eigenvalue weighted by Gasteiger charge is 2.27. The van der Waals surface area contributed by atoms with Crippen LogP contribution in [0.25, 0.3) is 0 Å². The van der Waals surface area contributed by atoms with Crippen LogP contribution in [0.2, 0.25) is 24.7 Å². The number of nitrogens with one attached hydrogen (secondary N) is 1. The average molecular weight is 419 g/mol. The van der Waals surface area contributed by atoms with Crippen LogP contribution in [0.4, 0.5) is 0 Å². The normalized spacial score (nSPS) is 11.4. The number of halogens is 1. The van der Waals surface area contributed by atoms with E-state index in [0.29, 0.717) is 10.6 Å². The van der Waals surface area contributed by atoms with E-state index in [2.05, 4.69) is 5.43 Å². The summed E-state index contributed by atoms with van der Waals surface area (Å²) in [6.45, 7) is 10.1. The molecule has 2 aromatic carbocycles. The van der Waals surface area contributed by atoms with Crippen LogP contribution < -0.4 is 5.43 Å². The van der Waals surface area contributed by atoms with Crippen molar-refractivity contribution >= 4 is 31.7 Å². The molecule has 0 radical (unpaired) electrons. The summed E-state index contributed by atoms with van der Waals surface area (Å²) in [6.07, 6.45) is 0.873. The summed E-state index contributed by atoms with van der Waals surface area (Å²) < 4.78 is 5.77. The maximum atomic E-state index is 13.1. The van der Waals surface area contributed by atoms with Gasteiger partial charge in [-0.05, 0) is 62.8 Å². The summed E-state index contributed by atoms with van der Waals surface area (Å²) in [7, 11) is -1.82. The van der Waals surface area contributed by atoms with Crippen molar-refractivity contribution in [3.63, 3.8) is 0 Å². The molecular formula is C21H27ClN2O3Si. The number of aryl methyl sites for hydroxylation is 2. The molecule has 0 fully saturated rings. The Labute approximate surface area is 172 Å². The molecule has 0 heterocycles. The molecule has 0 saturated carbocycles. The number of benzene rings is 2. The van der Waals surface area contributed by atoms with E-state index in [1.807, 2.05) is 51.7 Å². The number of imide groups is 1. The lowest BCUT2D eigenvalue weighted by molar-refractivity contribution is 0.0456. The largest absolute Gasteiger partial charge is 0.403 e. The first-order chi connectivity index (χ1) is 13.1. The second kappa shape index (κ2) is 9.47. The van der Waals surface area contributed by atoms with Crippen molar-refractivity contribution < 1.29 is 14.0 Å². The third kappa shape index (κ3) is 6.00. The Kier molecular flexibility index (Phi) is 7.54. The molecule has 0 saturated heterocycles. The van der Waals surface area contributed by atoms with Crippen LogP contribution in [0.5, 0.6) is 0 Å². The molecule has 0 unspecified atom stereocenters. The summed E-state index contributed by atoms with van der Waals surface area (Å²) in [5, 5.41) is 1.28. The fourth-order valence-electron chi connectivity index (χ4n) is 2.48. The molecule has 5 nitrogen and oxygen atoms in total. The van der Waals surface area contributed by atoms with Crippen LogP contribution in [0, 0.1) is 6.92 Å². The molecule has 2 aromatic rings. The van der Waals surface area contributed by atoms with Crippen LogP contribution in [-0.2, 0) is 10.8 Å². The Morgan fingerprint density at radius 1 is 1.07 bits per heavy atom. The number of rotatable bonds is 7. The molecule has 150 valence electrons. The maximum Gasteiger partial charge on any atom is 0.276 e. The van der Waals surface area contributed by atoms with E-state index < -0.39 is 20.1 Å². The van der Waals surface area contributed by atoms with Crippen molar-refractivity contribution in [2.75, 3.05) is 6.73 Å². The fourth-order valence-corrected chi connectivity index (χ4v) is 3.18. The summed E-state index contributed by atoms with van der Waals surface area (Å²) in [4.78, 5) is 26.2. The Balaban J connectivity index is 2.33. The summed E-state index contributed by atoms with van der Waals surface area (Å²) in [5.74, 6) is -0.971. The van der Waals surface area contributed by atoms with Gasteiger partial charge in [0.2, 0.25) is 0 Å². The Morgan fingerprint density at radius 3 is 2.29 bits per heavy atom. The fraction of sp³-hybridized carbons (Fsp3) is 0.333. The van der Waals surface area contributed by atoms with Crippen LogP contribution in [0.3, 0.4) is 0 Å². The zero-order valence-electron chi connectivity index (χ0n) is 17.0. The lowest BCUT2D eigenvalue weighted by atomic mass is 10.1. The molecule has 0 spiro atoms. The van der Waals surface area contributed by atoms with Crippen molar-refractivity contribution in [2.45, 2.75) is 39.9 Å². The summed E-state index contributed by atoms with van der Waals surface area (Å²) >= 11 is 6.22. The van der Waals surface area contributed by atoms with Gasteiger partial charge in [-0.3, -0.25) is 9.59 Å². The van der Waals surface area contributed by atoms with Crippen molar-refractivity contribution in [3.05, 3.63) is 69.7 Å². The highest BCUT2D eigenvalue weighted by atomic mass is 35.5. The molecule has 2 rings (SSSR count). The monoisotopic (exact) mass is 418 g/mol. The molecule has 0 bridgehead atoms. The molecule has 0 atom stereocenters. The van der Waals surface area contributed by atoms with Gasteiger partial charge in [-0.1, -0.05) is 42.3 Å². The van der Waals surface area contributed by atoms with Gasteiger partial charge in [-0.15, -0.1) is 0 Å². The minimum atomic E-state index is -1.82. The van der Waals surface area contributed by atoms with Crippen molar-refractivity contribution in [1.29, 1.82) is 0 Å². The third-order valence-electron chi connectivity index (χ3n) is 4.10. The predicted octanol–water partition coefficient (Wildman–Crippen LogP) is 4.81. The van der Waals surface area contributed by atoms with Crippen molar-refractivity contribution in [3.8, 4) is 0 Å². The van der Waals surface area contributed by atoms with Gasteiger partial charge in [0.05, 0.1) is 10.6 Å². The first-order valence-electron chi connectivity index (χ1n) is 9.23. The molecule has 28 heavy (non-hydrogen) atoms. The minimum Gasteiger partial charge on any atom is -0.403 e. The first-order valence-corrected chi connectivity index (χ1v) is 13.0. The zero-order valence-corrected chi connectivity index (χ0v) is 18.8. The van der Waals surface area contributed by atoms with Gasteiger partial charge in [0.1, 0.15) is 6.73 Å². The first kappa shape index (κ1) is 22.3. The average Bonchev–Trinajstić information content (AvgIpc) is 2.65. The lowest BCUT2D eigenvalue weighted by Crippen LogP contribution is -2.49. The highest BCUT2D eigenvalue weighted by molar-refractivity contribution is 6.69. The zero-order chi connectivity index (χ0) is 20.9. The van der Waals surface area contributed by atoms with E-state index in [9.17, 15) is 9.59 Å². The van der Waals surface area contributed by atoms with Crippen LogP contribution in [0.15, 0.2) is 42.5 Å². The number of carbonyl (C=O) groups is 2. The van der Waals surface area contributed by atoms with Gasteiger partial charge in [0.15, 0.2) is 8.32 Å². The number of hydrazine groups is 1. The van der Waals surface area contributed by atoms with E-state index >= 15 is 0 Å². The second-order valence-corrected chi connectivity index (χ2v) is 12.5. The third-order valence-corrected chi connectivity index (χ3v) is 5.44. The molecule has 0 aromatic heterocycles. The van der Waals surface area contributed by atoms with Gasteiger partial charge in [0, 0.05) is 5.56 Å². The van der Waals surface area contributed by atoms with E-state index in [4.69, 9.17) is 16.0 Å². The number of carbonyl (C=O) groups excluding carboxylic acids is 2. The van der Waals surface area contributed by atoms with E-state index in [-0.39, 0.29) is 12.3 Å². The molecule has 2 amide bonds. The maximum absolute atomic E-state index is 13.1. The smallest absolute Gasteiger partial charge is 0.276 e. The van der Waals surface area contributed by atoms with Gasteiger partial charge in [0.25, 0.3) is 11.8 Å². The predicted molar refractivity (Wildman–Crippen MR) is 115 cm³/mol. The van der Waals surface area contributed by atoms with Crippen LogP contribution >= 0.6 is 11.6 Å². The van der Waals surface area contributed by atoms with Crippen LogP contribution in [0.1, 0.15) is 38.8 Å². The van der Waals surface area contributed by atoms with E-state index in [1.165, 1.54) is 0 Å². The number of nitrogens with zero attached hydrogens (tertiary/aromatic N) is 1. The summed E-state index contributed by atoms with van der Waals surface area (Å²) in [5.41, 5.74) is 5.51. The van der Waals surface area contributed by atoms with Gasteiger partial charge < -0.3 is 4.43 Å². The topological polar surface area (TPSA) is 58.6 Å². The molecule has 0 aliphatic rings. The SMILES string of the molecule is CCc1ccc(C(=O)N(NCO[Si](C)(C)C)C(=O)c2cc(C)ccc2Cl)cc1. The Hall–Kier alpha value is -1.99. The minimum absolute atomic E-state index is 0.0592. The van der Waals surface area contributed by atoms with Gasteiger partial charge in [-0.2, -0.15) is 5.43 Å². The van der Waals surface area contributed by atoms with Crippen molar-refractivity contribution in [2.24, 2.45) is 0 Å². The Morgan fingerprint density at radius 2 is 1.71 bits per heavy atom. The lowest BCUT2D eigenvalue weighted by Gasteiger charge is -2.25. The molecule has 0 aliphatic carbocycles. The molecular weight excluding hydrogens is 392 g/mol. The standard InChI is InChI=1S/C21H27ClN2O3Si/c1-6-16-8-10-17(11-9-16)20(25)24(23-14-27-28(3,4)5)21(26)18-13-15(2)7-12-19(18)22/h7-13,23H,6,14H2,1-5H3. The number of hydrogen-bond donors (Lipinski definition) is 1. The molecule has 0 aliphatic heterocycles. The quantitative estimate of drug-likeness (QED) is 0.303. The van der Waals surface area contributed by atoms with E-state index in [1.54, 1.807) is 24.3 Å². The van der Waals surface area contributed by atoms with E-state index in [0.717, 1.165) is 22.6 Å². The molecule has 1 N–H and O–H groups in total.